The van der Waals surface area contributed by atoms with Gasteiger partial charge in [0.15, 0.2) is 0 Å². The van der Waals surface area contributed by atoms with Gasteiger partial charge in [0.05, 0.1) is 19.8 Å². The highest BCUT2D eigenvalue weighted by atomic mass is 16.5. The van der Waals surface area contributed by atoms with Crippen LogP contribution in [-0.4, -0.2) is 52.9 Å². The molecule has 0 aromatic heterocycles. The van der Waals surface area contributed by atoms with E-state index in [2.05, 4.69) is 55.3 Å². The van der Waals surface area contributed by atoms with E-state index in [4.69, 9.17) is 4.74 Å². The van der Waals surface area contributed by atoms with Crippen molar-refractivity contribution in [1.82, 2.24) is 5.32 Å². The van der Waals surface area contributed by atoms with Crippen molar-refractivity contribution in [3.63, 3.8) is 0 Å². The molecule has 1 heterocycles. The van der Waals surface area contributed by atoms with Crippen LogP contribution >= 0.6 is 0 Å². The molecular formula is C20H34N3O2+. The van der Waals surface area contributed by atoms with E-state index in [9.17, 15) is 4.79 Å². The van der Waals surface area contributed by atoms with Crippen molar-refractivity contribution in [1.29, 1.82) is 0 Å². The number of benzene rings is 1. The highest BCUT2D eigenvalue weighted by molar-refractivity contribution is 5.76. The number of hydrogen-bond donors (Lipinski definition) is 2. The minimum Gasteiger partial charge on any atom is -0.378 e. The Hall–Kier alpha value is -1.59. The molecule has 5 nitrogen and oxygen atoms in total. The number of nitrogens with zero attached hydrogens (tertiary/aromatic N) is 1. The molecule has 5 heteroatoms. The number of carbonyl (C=O) groups excluding carboxylic acids is 1. The van der Waals surface area contributed by atoms with E-state index in [0.717, 1.165) is 26.3 Å². The molecule has 0 aliphatic carbocycles. The second kappa shape index (κ2) is 8.68. The molecule has 1 amide bonds. The summed E-state index contributed by atoms with van der Waals surface area (Å²) in [5, 5.41) is 3.16. The number of nitrogens with one attached hydrogen (secondary N) is 2. The molecule has 0 radical (unpaired) electrons. The zero-order valence-electron chi connectivity index (χ0n) is 16.4. The molecule has 25 heavy (non-hydrogen) atoms. The molecular weight excluding hydrogens is 314 g/mol. The van der Waals surface area contributed by atoms with Gasteiger partial charge in [0.25, 0.3) is 0 Å². The minimum absolute atomic E-state index is 0.0127. The van der Waals surface area contributed by atoms with Gasteiger partial charge >= 0.3 is 0 Å². The van der Waals surface area contributed by atoms with Crippen LogP contribution in [0.2, 0.25) is 0 Å². The average Bonchev–Trinajstić information content (AvgIpc) is 2.55. The highest BCUT2D eigenvalue weighted by Crippen LogP contribution is 2.19. The van der Waals surface area contributed by atoms with Crippen molar-refractivity contribution in [3.8, 4) is 0 Å². The first-order valence-corrected chi connectivity index (χ1v) is 9.22. The Morgan fingerprint density at radius 3 is 2.32 bits per heavy atom. The van der Waals surface area contributed by atoms with Gasteiger partial charge in [-0.2, -0.15) is 0 Å². The van der Waals surface area contributed by atoms with E-state index in [0.29, 0.717) is 13.0 Å². The number of rotatable bonds is 6. The molecule has 1 aliphatic rings. The smallest absolute Gasteiger partial charge is 0.220 e. The van der Waals surface area contributed by atoms with Gasteiger partial charge in [-0.25, -0.2) is 0 Å². The molecule has 1 atom stereocenters. The number of anilines is 1. The summed E-state index contributed by atoms with van der Waals surface area (Å²) in [6.07, 6.45) is 0.553. The highest BCUT2D eigenvalue weighted by Gasteiger charge is 2.27. The fourth-order valence-electron chi connectivity index (χ4n) is 3.24. The summed E-state index contributed by atoms with van der Waals surface area (Å²) < 4.78 is 5.51. The maximum absolute atomic E-state index is 12.3. The van der Waals surface area contributed by atoms with Crippen LogP contribution in [-0.2, 0) is 9.53 Å². The molecule has 0 bridgehead atoms. The van der Waals surface area contributed by atoms with Crippen LogP contribution in [0.15, 0.2) is 24.3 Å². The summed E-state index contributed by atoms with van der Waals surface area (Å²) in [5.74, 6) is 0.134. The van der Waals surface area contributed by atoms with E-state index >= 15 is 0 Å². The summed E-state index contributed by atoms with van der Waals surface area (Å²) >= 11 is 0. The van der Waals surface area contributed by atoms with Crippen molar-refractivity contribution in [2.24, 2.45) is 5.41 Å². The van der Waals surface area contributed by atoms with Crippen LogP contribution in [0.25, 0.3) is 0 Å². The fourth-order valence-corrected chi connectivity index (χ4v) is 3.24. The quantitative estimate of drug-likeness (QED) is 0.814. The summed E-state index contributed by atoms with van der Waals surface area (Å²) in [5.41, 5.74) is 2.48. The molecule has 1 saturated heterocycles. The number of carbonyl (C=O) groups is 1. The minimum atomic E-state index is 0.0127. The van der Waals surface area contributed by atoms with Crippen molar-refractivity contribution < 1.29 is 14.4 Å². The monoisotopic (exact) mass is 348 g/mol. The summed E-state index contributed by atoms with van der Waals surface area (Å²) in [4.78, 5) is 15.9. The first kappa shape index (κ1) is 19.7. The molecule has 140 valence electrons. The van der Waals surface area contributed by atoms with Crippen LogP contribution in [0.5, 0.6) is 0 Å². The number of amides is 1. The predicted molar refractivity (Wildman–Crippen MR) is 102 cm³/mol. The maximum Gasteiger partial charge on any atom is 0.220 e. The topological polar surface area (TPSA) is 46.0 Å². The molecule has 2 N–H and O–H groups in total. The predicted octanol–water partition coefficient (Wildman–Crippen LogP) is 1.26. The Morgan fingerprint density at radius 1 is 1.20 bits per heavy atom. The zero-order valence-corrected chi connectivity index (χ0v) is 16.4. The average molecular weight is 349 g/mol. The van der Waals surface area contributed by atoms with Crippen LogP contribution < -0.4 is 15.1 Å². The first-order valence-electron chi connectivity index (χ1n) is 9.22. The van der Waals surface area contributed by atoms with E-state index in [1.807, 2.05) is 14.1 Å². The summed E-state index contributed by atoms with van der Waals surface area (Å²) in [6, 6.07) is 8.96. The van der Waals surface area contributed by atoms with Crippen molar-refractivity contribution in [2.45, 2.75) is 33.2 Å². The van der Waals surface area contributed by atoms with Gasteiger partial charge in [-0.3, -0.25) is 4.79 Å². The lowest BCUT2D eigenvalue weighted by molar-refractivity contribution is -0.937. The Kier molecular flexibility index (Phi) is 6.85. The Labute approximate surface area is 152 Å². The number of quaternary nitrogens is 1. The number of hydrogen-bond acceptors (Lipinski definition) is 3. The van der Waals surface area contributed by atoms with Gasteiger partial charge < -0.3 is 19.9 Å². The third kappa shape index (κ3) is 6.33. The van der Waals surface area contributed by atoms with E-state index in [1.165, 1.54) is 16.2 Å². The lowest BCUT2D eigenvalue weighted by Crippen LogP contribution is -3.15. The van der Waals surface area contributed by atoms with Gasteiger partial charge in [-0.05, 0) is 17.5 Å². The van der Waals surface area contributed by atoms with Gasteiger partial charge in [0.2, 0.25) is 5.91 Å². The largest absolute Gasteiger partial charge is 0.378 e. The molecule has 0 unspecified atom stereocenters. The van der Waals surface area contributed by atoms with Crippen LogP contribution in [0.1, 0.15) is 38.8 Å². The molecule has 1 fully saturated rings. The Morgan fingerprint density at radius 2 is 1.80 bits per heavy atom. The first-order chi connectivity index (χ1) is 11.8. The van der Waals surface area contributed by atoms with Crippen LogP contribution in [0, 0.1) is 5.41 Å². The van der Waals surface area contributed by atoms with Gasteiger partial charge in [-0.1, -0.05) is 32.9 Å². The van der Waals surface area contributed by atoms with Gasteiger partial charge in [-0.15, -0.1) is 0 Å². The molecule has 1 aliphatic heterocycles. The third-order valence-electron chi connectivity index (χ3n) is 4.63. The number of morpholine rings is 1. The Bertz CT molecular complexity index is 543. The SMILES string of the molecule is CN(C)c1ccc([C@H](CNC(=O)CC(C)(C)C)[NH+]2CCOCC2)cc1. The Balaban J connectivity index is 2.08. The number of ether oxygens (including phenoxy) is 1. The van der Waals surface area contributed by atoms with E-state index in [-0.39, 0.29) is 17.4 Å². The molecule has 1 aromatic rings. The molecule has 0 spiro atoms. The normalized spacial score (nSPS) is 17.2. The van der Waals surface area contributed by atoms with Gasteiger partial charge in [0.1, 0.15) is 19.1 Å². The molecule has 0 saturated carbocycles. The standard InChI is InChI=1S/C20H33N3O2/c1-20(2,3)14-19(24)21-15-18(23-10-12-25-13-11-23)16-6-8-17(9-7-16)22(4)5/h6-9,18H,10-15H2,1-5H3,(H,21,24)/p+1/t18-/m0/s1. The maximum atomic E-state index is 12.3. The van der Waals surface area contributed by atoms with Crippen LogP contribution in [0.4, 0.5) is 5.69 Å². The second-order valence-corrected chi connectivity index (χ2v) is 8.35. The lowest BCUT2D eigenvalue weighted by atomic mass is 9.92. The van der Waals surface area contributed by atoms with E-state index in [1.54, 1.807) is 0 Å². The van der Waals surface area contributed by atoms with Crippen molar-refractivity contribution >= 4 is 11.6 Å². The fraction of sp³-hybridized carbons (Fsp3) is 0.650. The zero-order chi connectivity index (χ0) is 18.4. The van der Waals surface area contributed by atoms with Gasteiger partial charge in [0, 0.05) is 31.8 Å². The summed E-state index contributed by atoms with van der Waals surface area (Å²) in [7, 11) is 4.10. The third-order valence-corrected chi connectivity index (χ3v) is 4.63. The molecule has 2 rings (SSSR count). The summed E-state index contributed by atoms with van der Waals surface area (Å²) in [6.45, 7) is 10.5. The lowest BCUT2D eigenvalue weighted by Gasteiger charge is -2.32. The molecule has 1 aromatic carbocycles. The van der Waals surface area contributed by atoms with Crippen molar-refractivity contribution in [3.05, 3.63) is 29.8 Å². The van der Waals surface area contributed by atoms with Crippen molar-refractivity contribution in [2.75, 3.05) is 51.8 Å². The second-order valence-electron chi connectivity index (χ2n) is 8.35. The van der Waals surface area contributed by atoms with Crippen LogP contribution in [0.3, 0.4) is 0 Å². The van der Waals surface area contributed by atoms with E-state index < -0.39 is 0 Å².